The molecule has 0 unspecified atom stereocenters. The third-order valence-electron chi connectivity index (χ3n) is 11.9. The van der Waals surface area contributed by atoms with E-state index in [0.717, 1.165) is 87.1 Å². The summed E-state index contributed by atoms with van der Waals surface area (Å²) in [6.07, 6.45) is 17.9. The van der Waals surface area contributed by atoms with Crippen LogP contribution < -0.4 is 4.90 Å². The molecule has 0 amide bonds. The molecule has 0 saturated heterocycles. The topological polar surface area (TPSA) is 49.4 Å². The number of nitrogens with zero attached hydrogens (tertiary/aromatic N) is 3. The average molecular weight is 765 g/mol. The molecule has 6 rings (SSSR count). The van der Waals surface area contributed by atoms with E-state index in [4.69, 9.17) is 0 Å². The van der Waals surface area contributed by atoms with Crippen molar-refractivity contribution < 1.29 is 22.7 Å². The van der Waals surface area contributed by atoms with Gasteiger partial charge in [0.1, 0.15) is 6.54 Å². The molecule has 1 saturated carbocycles. The number of hydrogen-bond acceptors (Lipinski definition) is 3. The minimum atomic E-state index is -4.40. The Hall–Kier alpha value is -4.72. The normalized spacial score (nSPS) is 18.6. The van der Waals surface area contributed by atoms with Crippen LogP contribution in [-0.2, 0) is 29.8 Å². The number of anilines is 1. The summed E-state index contributed by atoms with van der Waals surface area (Å²) in [5.74, 6) is 1.05. The fraction of sp³-hybridized carbons (Fsp3) is 0.438. The van der Waals surface area contributed by atoms with Crippen LogP contribution in [0.1, 0.15) is 108 Å². The van der Waals surface area contributed by atoms with Gasteiger partial charge in [-0.3, -0.25) is 10.1 Å². The van der Waals surface area contributed by atoms with Crippen LogP contribution in [0.15, 0.2) is 109 Å². The first-order valence-electron chi connectivity index (χ1n) is 20.3. The Balaban J connectivity index is 1.27. The molecule has 56 heavy (non-hydrogen) atoms. The first kappa shape index (κ1) is 40.9. The maximum absolute atomic E-state index is 13.7. The molecular weight excluding hydrogens is 708 g/mol. The maximum atomic E-state index is 13.7. The van der Waals surface area contributed by atoms with Crippen LogP contribution in [0, 0.1) is 22.0 Å². The second-order valence-electron chi connectivity index (χ2n) is 17.2. The Morgan fingerprint density at radius 3 is 2.18 bits per heavy atom. The van der Waals surface area contributed by atoms with E-state index in [1.54, 1.807) is 12.1 Å². The summed E-state index contributed by atoms with van der Waals surface area (Å²) in [5, 5.41) is 11.9. The van der Waals surface area contributed by atoms with Crippen molar-refractivity contribution >= 4 is 22.8 Å². The van der Waals surface area contributed by atoms with E-state index in [1.807, 2.05) is 56.4 Å². The smallest absolute Gasteiger partial charge is 0.344 e. The number of benzene rings is 3. The van der Waals surface area contributed by atoms with Crippen molar-refractivity contribution in [1.82, 2.24) is 0 Å². The van der Waals surface area contributed by atoms with Gasteiger partial charge in [0.25, 0.3) is 5.69 Å². The van der Waals surface area contributed by atoms with Gasteiger partial charge in [0.05, 0.1) is 15.9 Å². The summed E-state index contributed by atoms with van der Waals surface area (Å²) in [6.45, 7) is 14.3. The summed E-state index contributed by atoms with van der Waals surface area (Å²) >= 11 is 0. The lowest BCUT2D eigenvalue weighted by molar-refractivity contribution is -0.439. The van der Waals surface area contributed by atoms with E-state index in [0.29, 0.717) is 17.4 Å². The Labute approximate surface area is 331 Å². The highest BCUT2D eigenvalue weighted by atomic mass is 19.4. The third kappa shape index (κ3) is 8.64. The Morgan fingerprint density at radius 1 is 0.839 bits per heavy atom. The predicted molar refractivity (Wildman–Crippen MR) is 223 cm³/mol. The van der Waals surface area contributed by atoms with Crippen LogP contribution in [0.5, 0.6) is 0 Å². The van der Waals surface area contributed by atoms with Crippen LogP contribution in [0.25, 0.3) is 0 Å². The molecule has 1 aliphatic carbocycles. The lowest BCUT2D eigenvalue weighted by Crippen LogP contribution is -2.34. The molecule has 1 fully saturated rings. The van der Waals surface area contributed by atoms with Crippen LogP contribution >= 0.6 is 0 Å². The molecule has 0 radical (unpaired) electrons. The monoisotopic (exact) mass is 764 g/mol. The van der Waals surface area contributed by atoms with Crippen LogP contribution in [0.4, 0.5) is 30.2 Å². The van der Waals surface area contributed by atoms with Crippen molar-refractivity contribution in [3.05, 3.63) is 147 Å². The average Bonchev–Trinajstić information content (AvgIpc) is 3.51. The molecule has 5 nitrogen and oxygen atoms in total. The van der Waals surface area contributed by atoms with Gasteiger partial charge in [-0.2, -0.15) is 17.7 Å². The molecule has 3 aliphatic rings. The highest BCUT2D eigenvalue weighted by molar-refractivity contribution is 6.03. The third-order valence-corrected chi connectivity index (χ3v) is 11.9. The van der Waals surface area contributed by atoms with Gasteiger partial charge in [-0.25, -0.2) is 0 Å². The highest BCUT2D eigenvalue weighted by Crippen LogP contribution is 2.56. The predicted octanol–water partition coefficient (Wildman–Crippen LogP) is 12.8. The van der Waals surface area contributed by atoms with Crippen LogP contribution in [0.3, 0.4) is 0 Å². The van der Waals surface area contributed by atoms with E-state index in [-0.39, 0.29) is 16.0 Å². The van der Waals surface area contributed by atoms with Crippen molar-refractivity contribution in [2.24, 2.45) is 11.8 Å². The number of nitro groups is 1. The molecule has 0 N–H and O–H groups in total. The zero-order chi connectivity index (χ0) is 40.3. The molecule has 8 heteroatoms. The Kier molecular flexibility index (Phi) is 12.3. The second kappa shape index (κ2) is 16.8. The molecule has 2 heterocycles. The van der Waals surface area contributed by atoms with E-state index in [2.05, 4.69) is 73.6 Å². The van der Waals surface area contributed by atoms with Crippen LogP contribution in [0.2, 0.25) is 0 Å². The molecule has 3 aromatic carbocycles. The SMILES string of the molecule is CC(C)CC[N+]1=C(C=CC=CC=CC=C2N(CCc3ccc(CC(C)C)cc3)c3ccc([N+](=O)[O-])cc3C23CCCCC3)C(C)(C)c2cc(C(F)(F)F)ccc21. The van der Waals surface area contributed by atoms with E-state index in [1.165, 1.54) is 29.0 Å². The minimum absolute atomic E-state index is 0.135. The molecule has 2 aliphatic heterocycles. The zero-order valence-electron chi connectivity index (χ0n) is 33.8. The molecule has 1 spiro atoms. The maximum Gasteiger partial charge on any atom is 0.416 e. The molecular formula is C48H57F3N3O2+. The van der Waals surface area contributed by atoms with Crippen molar-refractivity contribution in [2.45, 2.75) is 110 Å². The lowest BCUT2D eigenvalue weighted by Gasteiger charge is -2.37. The number of nitro benzene ring substituents is 1. The van der Waals surface area contributed by atoms with Crippen molar-refractivity contribution in [1.29, 1.82) is 0 Å². The number of alkyl halides is 3. The second-order valence-corrected chi connectivity index (χ2v) is 17.2. The van der Waals surface area contributed by atoms with Gasteiger partial charge in [0.15, 0.2) is 5.71 Å². The zero-order valence-corrected chi connectivity index (χ0v) is 33.8. The fourth-order valence-corrected chi connectivity index (χ4v) is 8.97. The Bertz CT molecular complexity index is 2060. The highest BCUT2D eigenvalue weighted by Gasteiger charge is 2.48. The summed E-state index contributed by atoms with van der Waals surface area (Å²) in [5.41, 5.74) is 7.09. The van der Waals surface area contributed by atoms with Gasteiger partial charge in [-0.05, 0) is 92.3 Å². The Morgan fingerprint density at radius 2 is 1.52 bits per heavy atom. The lowest BCUT2D eigenvalue weighted by atomic mass is 9.68. The van der Waals surface area contributed by atoms with E-state index >= 15 is 0 Å². The number of rotatable bonds is 13. The number of hydrogen-bond donors (Lipinski definition) is 0. The van der Waals surface area contributed by atoms with Gasteiger partial charge in [-0.15, -0.1) is 0 Å². The largest absolute Gasteiger partial charge is 0.416 e. The summed E-state index contributed by atoms with van der Waals surface area (Å²) < 4.78 is 43.3. The van der Waals surface area contributed by atoms with Gasteiger partial charge in [0, 0.05) is 59.6 Å². The fourth-order valence-electron chi connectivity index (χ4n) is 8.97. The molecule has 0 bridgehead atoms. The quantitative estimate of drug-likeness (QED) is 0.0754. The molecule has 0 atom stereocenters. The number of non-ortho nitro benzene ring substituents is 1. The standard InChI is InChI=1S/C48H57F3N3O2/c1-34(2)25-29-52-42-23-21-38(48(49,50)51)32-40(42)46(5,6)44(52)15-11-8-7-9-12-16-45-47(27-13-10-14-28-47)41-33-39(54(55)56)22-24-43(41)53(45)30-26-36-17-19-37(20-18-36)31-35(3)4/h7-9,11-12,15-24,32-35H,10,13-14,25-31H2,1-6H3/q+1. The van der Waals surface area contributed by atoms with Gasteiger partial charge < -0.3 is 4.90 Å². The molecule has 296 valence electrons. The van der Waals surface area contributed by atoms with Gasteiger partial charge in [0.2, 0.25) is 5.69 Å². The first-order valence-corrected chi connectivity index (χ1v) is 20.3. The summed E-state index contributed by atoms with van der Waals surface area (Å²) in [6, 6.07) is 18.5. The van der Waals surface area contributed by atoms with Gasteiger partial charge in [-0.1, -0.05) is 102 Å². The van der Waals surface area contributed by atoms with E-state index in [9.17, 15) is 23.3 Å². The molecule has 0 aromatic heterocycles. The van der Waals surface area contributed by atoms with E-state index < -0.39 is 17.2 Å². The van der Waals surface area contributed by atoms with Crippen molar-refractivity contribution in [2.75, 3.05) is 18.0 Å². The van der Waals surface area contributed by atoms with Crippen molar-refractivity contribution in [3.63, 3.8) is 0 Å². The van der Waals surface area contributed by atoms with Crippen molar-refractivity contribution in [3.8, 4) is 0 Å². The number of allylic oxidation sites excluding steroid dienone is 8. The first-order chi connectivity index (χ1) is 26.6. The molecule has 3 aromatic rings. The number of halogens is 3. The number of fused-ring (bicyclic) bond motifs is 3. The summed E-state index contributed by atoms with van der Waals surface area (Å²) in [7, 11) is 0. The minimum Gasteiger partial charge on any atom is -0.344 e. The van der Waals surface area contributed by atoms with Gasteiger partial charge >= 0.3 is 6.18 Å². The summed E-state index contributed by atoms with van der Waals surface area (Å²) in [4.78, 5) is 14.1. The van der Waals surface area contributed by atoms with Crippen LogP contribution in [-0.4, -0.2) is 28.3 Å².